The van der Waals surface area contributed by atoms with E-state index in [0.717, 1.165) is 0 Å². The maximum absolute atomic E-state index is 2.44. The minimum atomic E-state index is 1.18. The average Bonchev–Trinajstić information content (AvgIpc) is 3.69. The van der Waals surface area contributed by atoms with Crippen LogP contribution in [-0.4, -0.2) is 9.13 Å². The molecule has 3 heterocycles. The fourth-order valence-electron chi connectivity index (χ4n) is 6.65. The maximum atomic E-state index is 2.44. The van der Waals surface area contributed by atoms with E-state index in [-0.39, 0.29) is 0 Å². The van der Waals surface area contributed by atoms with Crippen LogP contribution in [0.1, 0.15) is 0 Å². The first-order valence-electron chi connectivity index (χ1n) is 14.0. The molecule has 6 aromatic carbocycles. The highest BCUT2D eigenvalue weighted by molar-refractivity contribution is 7.27. The van der Waals surface area contributed by atoms with Gasteiger partial charge in [0.05, 0.1) is 26.8 Å². The summed E-state index contributed by atoms with van der Waals surface area (Å²) in [6.07, 6.45) is 0. The monoisotopic (exact) mass is 540 g/mol. The Labute approximate surface area is 240 Å². The smallest absolute Gasteiger partial charge is 0.0727 e. The molecule has 9 rings (SSSR count). The number of hydrogen-bond donors (Lipinski definition) is 0. The van der Waals surface area contributed by atoms with E-state index in [1.807, 2.05) is 11.3 Å². The number of aromatic nitrogens is 2. The van der Waals surface area contributed by atoms with Crippen molar-refractivity contribution >= 4 is 64.3 Å². The van der Waals surface area contributed by atoms with Gasteiger partial charge in [0, 0.05) is 43.2 Å². The molecule has 9 aromatic rings. The molecule has 0 aliphatic carbocycles. The lowest BCUT2D eigenvalue weighted by atomic mass is 9.98. The highest BCUT2D eigenvalue weighted by atomic mass is 32.1. The summed E-state index contributed by atoms with van der Waals surface area (Å²) in [6.45, 7) is 0. The Hall–Kier alpha value is -5.12. The van der Waals surface area contributed by atoms with E-state index in [0.29, 0.717) is 0 Å². The summed E-state index contributed by atoms with van der Waals surface area (Å²) < 4.78 is 7.51. The molecule has 0 amide bonds. The van der Waals surface area contributed by atoms with Gasteiger partial charge in [-0.15, -0.1) is 11.3 Å². The predicted octanol–water partition coefficient (Wildman–Crippen LogP) is 10.8. The van der Waals surface area contributed by atoms with Crippen molar-refractivity contribution in [3.05, 3.63) is 146 Å². The minimum absolute atomic E-state index is 1.18. The van der Waals surface area contributed by atoms with Crippen LogP contribution >= 0.6 is 11.3 Å². The molecule has 0 atom stereocenters. The number of benzene rings is 6. The Morgan fingerprint density at radius 1 is 0.366 bits per heavy atom. The second-order valence-electron chi connectivity index (χ2n) is 10.5. The zero-order valence-corrected chi connectivity index (χ0v) is 23.0. The van der Waals surface area contributed by atoms with Gasteiger partial charge in [-0.2, -0.15) is 0 Å². The molecule has 0 saturated carbocycles. The molecule has 192 valence electrons. The summed E-state index contributed by atoms with van der Waals surface area (Å²) in [6, 6.07) is 52.6. The van der Waals surface area contributed by atoms with Crippen LogP contribution < -0.4 is 0 Å². The summed E-state index contributed by atoms with van der Waals surface area (Å²) in [5.74, 6) is 0. The summed E-state index contributed by atoms with van der Waals surface area (Å²) in [4.78, 5) is 0. The van der Waals surface area contributed by atoms with Crippen molar-refractivity contribution in [1.29, 1.82) is 0 Å². The van der Waals surface area contributed by atoms with Crippen LogP contribution in [0.3, 0.4) is 0 Å². The molecule has 0 N–H and O–H groups in total. The molecule has 3 aromatic heterocycles. The van der Waals surface area contributed by atoms with Gasteiger partial charge < -0.3 is 9.13 Å². The molecule has 0 aliphatic heterocycles. The summed E-state index contributed by atoms with van der Waals surface area (Å²) in [5, 5.41) is 5.18. The summed E-state index contributed by atoms with van der Waals surface area (Å²) in [7, 11) is 0. The molecule has 41 heavy (non-hydrogen) atoms. The normalized spacial score (nSPS) is 11.9. The molecule has 0 fully saturated rings. The van der Waals surface area contributed by atoms with Crippen LogP contribution in [-0.2, 0) is 0 Å². The number of thiophene rings is 1. The lowest BCUT2D eigenvalue weighted by Crippen LogP contribution is -1.93. The van der Waals surface area contributed by atoms with Crippen molar-refractivity contribution in [2.75, 3.05) is 0 Å². The molecule has 0 spiro atoms. The number of para-hydroxylation sites is 4. The third kappa shape index (κ3) is 3.18. The second kappa shape index (κ2) is 8.69. The van der Waals surface area contributed by atoms with Crippen molar-refractivity contribution < 1.29 is 0 Å². The van der Waals surface area contributed by atoms with E-state index in [1.54, 1.807) is 0 Å². The minimum Gasteiger partial charge on any atom is -0.309 e. The van der Waals surface area contributed by atoms with Gasteiger partial charge in [0.25, 0.3) is 0 Å². The lowest BCUT2D eigenvalue weighted by molar-refractivity contribution is 1.18. The zero-order chi connectivity index (χ0) is 26.9. The van der Waals surface area contributed by atoms with Gasteiger partial charge >= 0.3 is 0 Å². The number of rotatable bonds is 3. The standard InChI is InChI=1S/C38H24N2S/c1-3-13-25(14-4-1)39-32-22-9-7-17-29(32)35-27(19-12-24-34(35)39)28-20-11-21-31-36-38(41-37(28)31)30-18-8-10-23-33(30)40(36)26-15-5-2-6-16-26/h1-24H. The van der Waals surface area contributed by atoms with Crippen LogP contribution in [0.2, 0.25) is 0 Å². The number of fused-ring (bicyclic) bond motifs is 8. The van der Waals surface area contributed by atoms with Crippen molar-refractivity contribution in [2.24, 2.45) is 0 Å². The average molecular weight is 541 g/mol. The highest BCUT2D eigenvalue weighted by Crippen LogP contribution is 2.47. The van der Waals surface area contributed by atoms with Crippen LogP contribution in [0.15, 0.2) is 146 Å². The first-order valence-corrected chi connectivity index (χ1v) is 14.8. The van der Waals surface area contributed by atoms with Gasteiger partial charge in [0.1, 0.15) is 0 Å². The molecule has 0 radical (unpaired) electrons. The van der Waals surface area contributed by atoms with E-state index < -0.39 is 0 Å². The highest BCUT2D eigenvalue weighted by Gasteiger charge is 2.21. The Bertz CT molecular complexity index is 2410. The van der Waals surface area contributed by atoms with E-state index in [4.69, 9.17) is 0 Å². The van der Waals surface area contributed by atoms with Crippen LogP contribution in [0.5, 0.6) is 0 Å². The SMILES string of the molecule is c1ccc(-n2c3ccccc3c3c(-c4cccc5c4sc4c6ccccc6n(-c6ccccc6)c54)cccc32)cc1. The van der Waals surface area contributed by atoms with E-state index >= 15 is 0 Å². The van der Waals surface area contributed by atoms with Gasteiger partial charge in [-0.25, -0.2) is 0 Å². The first-order chi connectivity index (χ1) is 20.4. The largest absolute Gasteiger partial charge is 0.309 e. The molecule has 0 aliphatic rings. The Morgan fingerprint density at radius 3 is 1.66 bits per heavy atom. The predicted molar refractivity (Wildman–Crippen MR) is 176 cm³/mol. The maximum Gasteiger partial charge on any atom is 0.0727 e. The summed E-state index contributed by atoms with van der Waals surface area (Å²) in [5.41, 5.74) is 9.93. The lowest BCUT2D eigenvalue weighted by Gasteiger charge is -2.10. The fourth-order valence-corrected chi connectivity index (χ4v) is 8.00. The Morgan fingerprint density at radius 2 is 0.902 bits per heavy atom. The van der Waals surface area contributed by atoms with E-state index in [9.17, 15) is 0 Å². The van der Waals surface area contributed by atoms with Gasteiger partial charge in [-0.3, -0.25) is 0 Å². The number of nitrogens with zero attached hydrogens (tertiary/aromatic N) is 2. The quantitative estimate of drug-likeness (QED) is 0.211. The van der Waals surface area contributed by atoms with Crippen molar-refractivity contribution in [3.63, 3.8) is 0 Å². The molecule has 0 unspecified atom stereocenters. The summed E-state index contributed by atoms with van der Waals surface area (Å²) >= 11 is 1.92. The molecular weight excluding hydrogens is 516 g/mol. The van der Waals surface area contributed by atoms with Gasteiger partial charge in [0.15, 0.2) is 0 Å². The van der Waals surface area contributed by atoms with Gasteiger partial charge in [-0.05, 0) is 48.0 Å². The fraction of sp³-hybridized carbons (Fsp3) is 0. The topological polar surface area (TPSA) is 9.86 Å². The third-order valence-corrected chi connectivity index (χ3v) is 9.58. The van der Waals surface area contributed by atoms with E-state index in [2.05, 4.69) is 155 Å². The van der Waals surface area contributed by atoms with E-state index in [1.165, 1.54) is 75.5 Å². The molecular formula is C38H24N2S. The van der Waals surface area contributed by atoms with Gasteiger partial charge in [-0.1, -0.05) is 103 Å². The molecule has 3 heteroatoms. The molecule has 0 bridgehead atoms. The molecule has 0 saturated heterocycles. The van der Waals surface area contributed by atoms with Crippen molar-refractivity contribution in [2.45, 2.75) is 0 Å². The van der Waals surface area contributed by atoms with Gasteiger partial charge in [0.2, 0.25) is 0 Å². The van der Waals surface area contributed by atoms with Crippen molar-refractivity contribution in [3.8, 4) is 22.5 Å². The third-order valence-electron chi connectivity index (χ3n) is 8.32. The molecule has 2 nitrogen and oxygen atoms in total. The first kappa shape index (κ1) is 22.7. The second-order valence-corrected chi connectivity index (χ2v) is 11.6. The van der Waals surface area contributed by atoms with Crippen LogP contribution in [0.4, 0.5) is 0 Å². The zero-order valence-electron chi connectivity index (χ0n) is 22.2. The Kier molecular flexibility index (Phi) is 4.80. The van der Waals surface area contributed by atoms with Crippen LogP contribution in [0, 0.1) is 0 Å². The number of hydrogen-bond acceptors (Lipinski definition) is 1. The Balaban J connectivity index is 1.41. The van der Waals surface area contributed by atoms with Crippen LogP contribution in [0.25, 0.3) is 75.5 Å². The van der Waals surface area contributed by atoms with Crippen molar-refractivity contribution in [1.82, 2.24) is 9.13 Å².